The Bertz CT molecular complexity index is 3120. The zero-order valence-corrected chi connectivity index (χ0v) is 33.0. The summed E-state index contributed by atoms with van der Waals surface area (Å²) in [5.74, 6) is 0.689. The Morgan fingerprint density at radius 2 is 0.833 bits per heavy atom. The molecule has 0 unspecified atom stereocenters. The van der Waals surface area contributed by atoms with Gasteiger partial charge in [0.25, 0.3) is 0 Å². The van der Waals surface area contributed by atoms with E-state index in [1.807, 2.05) is 60.3 Å². The summed E-state index contributed by atoms with van der Waals surface area (Å²) in [7, 11) is 0. The second kappa shape index (κ2) is 14.2. The molecule has 0 N–H and O–H groups in total. The molecule has 0 fully saturated rings. The van der Waals surface area contributed by atoms with E-state index in [4.69, 9.17) is 9.97 Å². The number of aromatic nitrogens is 2. The molecule has 5 heteroatoms. The van der Waals surface area contributed by atoms with Crippen molar-refractivity contribution in [1.82, 2.24) is 9.97 Å². The standard InChI is InChI=1S/C55H32N4S/c56-33-35-27-36(34-57)29-43(28-35)38-21-19-37(20-22-38)41-23-25-44-45-26-24-42(51-32-50(39-11-3-1-4-12-39)58-54(59-51)40-13-5-2-6-14-40)31-49(45)55(48(44)30-41)46-15-7-9-17-52(46)60-53-18-10-8-16-47(53)55/h1-32H. The van der Waals surface area contributed by atoms with Crippen molar-refractivity contribution < 1.29 is 0 Å². The van der Waals surface area contributed by atoms with Crippen LogP contribution >= 0.6 is 11.8 Å². The van der Waals surface area contributed by atoms with Gasteiger partial charge in [-0.2, -0.15) is 10.5 Å². The third-order valence-electron chi connectivity index (χ3n) is 11.8. The lowest BCUT2D eigenvalue weighted by molar-refractivity contribution is 0.723. The summed E-state index contributed by atoms with van der Waals surface area (Å²) in [5.41, 5.74) is 16.5. The van der Waals surface area contributed by atoms with E-state index in [1.165, 1.54) is 43.2 Å². The molecule has 2 aliphatic rings. The van der Waals surface area contributed by atoms with Crippen molar-refractivity contribution in [2.24, 2.45) is 0 Å². The van der Waals surface area contributed by atoms with E-state index in [2.05, 4.69) is 152 Å². The van der Waals surface area contributed by atoms with Crippen molar-refractivity contribution in [3.63, 3.8) is 0 Å². The molecule has 8 aromatic carbocycles. The molecule has 0 saturated carbocycles. The van der Waals surface area contributed by atoms with Gasteiger partial charge in [0.05, 0.1) is 40.1 Å². The lowest BCUT2D eigenvalue weighted by Gasteiger charge is -2.40. The van der Waals surface area contributed by atoms with E-state index in [1.54, 1.807) is 6.07 Å². The Labute approximate surface area is 352 Å². The van der Waals surface area contributed by atoms with Crippen LogP contribution in [0.4, 0.5) is 0 Å². The van der Waals surface area contributed by atoms with Gasteiger partial charge in [-0.3, -0.25) is 0 Å². The maximum Gasteiger partial charge on any atom is 0.160 e. The largest absolute Gasteiger partial charge is 0.228 e. The summed E-state index contributed by atoms with van der Waals surface area (Å²) >= 11 is 1.84. The highest BCUT2D eigenvalue weighted by molar-refractivity contribution is 7.99. The van der Waals surface area contributed by atoms with Gasteiger partial charge >= 0.3 is 0 Å². The van der Waals surface area contributed by atoms with Crippen LogP contribution in [-0.2, 0) is 5.41 Å². The fourth-order valence-electron chi connectivity index (χ4n) is 9.08. The van der Waals surface area contributed by atoms with Gasteiger partial charge in [-0.25, -0.2) is 9.97 Å². The van der Waals surface area contributed by atoms with Crippen molar-refractivity contribution in [1.29, 1.82) is 10.5 Å². The van der Waals surface area contributed by atoms with Crippen molar-refractivity contribution >= 4 is 11.8 Å². The van der Waals surface area contributed by atoms with Gasteiger partial charge < -0.3 is 0 Å². The first-order valence-corrected chi connectivity index (χ1v) is 20.6. The van der Waals surface area contributed by atoms with Crippen LogP contribution in [0.15, 0.2) is 204 Å². The minimum atomic E-state index is -0.599. The second-order valence-electron chi connectivity index (χ2n) is 15.2. The lowest BCUT2D eigenvalue weighted by atomic mass is 9.67. The molecule has 60 heavy (non-hydrogen) atoms. The van der Waals surface area contributed by atoms with E-state index in [0.29, 0.717) is 17.0 Å². The Morgan fingerprint density at radius 3 is 1.42 bits per heavy atom. The average molecular weight is 781 g/mol. The monoisotopic (exact) mass is 780 g/mol. The first-order valence-electron chi connectivity index (χ1n) is 19.8. The Morgan fingerprint density at radius 1 is 0.367 bits per heavy atom. The maximum absolute atomic E-state index is 9.61. The summed E-state index contributed by atoms with van der Waals surface area (Å²) in [6.45, 7) is 0. The molecule has 9 aromatic rings. The van der Waals surface area contributed by atoms with Gasteiger partial charge in [-0.05, 0) is 104 Å². The fraction of sp³-hybridized carbons (Fsp3) is 0.0182. The molecule has 0 saturated heterocycles. The van der Waals surface area contributed by atoms with Gasteiger partial charge in [0.2, 0.25) is 0 Å². The van der Waals surface area contributed by atoms with Crippen LogP contribution in [0.3, 0.4) is 0 Å². The van der Waals surface area contributed by atoms with Crippen LogP contribution < -0.4 is 0 Å². The molecule has 4 nitrogen and oxygen atoms in total. The molecule has 1 aliphatic heterocycles. The van der Waals surface area contributed by atoms with Crippen molar-refractivity contribution in [3.05, 3.63) is 228 Å². The Kier molecular flexibility index (Phi) is 8.38. The number of hydrogen-bond acceptors (Lipinski definition) is 5. The first kappa shape index (κ1) is 35.3. The van der Waals surface area contributed by atoms with Crippen LogP contribution in [0.25, 0.3) is 67.3 Å². The van der Waals surface area contributed by atoms with E-state index >= 15 is 0 Å². The molecule has 2 heterocycles. The molecule has 1 aromatic heterocycles. The second-order valence-corrected chi connectivity index (χ2v) is 16.2. The van der Waals surface area contributed by atoms with Crippen molar-refractivity contribution in [2.45, 2.75) is 15.2 Å². The predicted molar refractivity (Wildman–Crippen MR) is 240 cm³/mol. The fourth-order valence-corrected chi connectivity index (χ4v) is 10.3. The first-order chi connectivity index (χ1) is 29.6. The summed E-state index contributed by atoms with van der Waals surface area (Å²) in [6, 6.07) is 72.3. The zero-order valence-electron chi connectivity index (χ0n) is 32.2. The van der Waals surface area contributed by atoms with Gasteiger partial charge in [-0.15, -0.1) is 0 Å². The van der Waals surface area contributed by atoms with E-state index in [-0.39, 0.29) is 0 Å². The molecule has 11 rings (SSSR count). The summed E-state index contributed by atoms with van der Waals surface area (Å²) in [4.78, 5) is 12.8. The van der Waals surface area contributed by atoms with E-state index in [9.17, 15) is 10.5 Å². The maximum atomic E-state index is 9.61. The van der Waals surface area contributed by atoms with Gasteiger partial charge in [0.1, 0.15) is 0 Å². The quantitative estimate of drug-likeness (QED) is 0.174. The number of nitrogens with zero attached hydrogens (tertiary/aromatic N) is 4. The number of nitriles is 2. The number of benzene rings is 8. The van der Waals surface area contributed by atoms with E-state index < -0.39 is 5.41 Å². The molecule has 0 atom stereocenters. The number of rotatable bonds is 5. The minimum Gasteiger partial charge on any atom is -0.228 e. The molecule has 1 aliphatic carbocycles. The molecule has 1 spiro atoms. The number of fused-ring (bicyclic) bond motifs is 9. The lowest BCUT2D eigenvalue weighted by Crippen LogP contribution is -2.32. The average Bonchev–Trinajstić information content (AvgIpc) is 3.61. The van der Waals surface area contributed by atoms with Crippen molar-refractivity contribution in [3.8, 4) is 79.4 Å². The minimum absolute atomic E-state index is 0.471. The summed E-state index contributed by atoms with van der Waals surface area (Å²) in [6.07, 6.45) is 0. The normalized spacial score (nSPS) is 12.7. The van der Waals surface area contributed by atoms with Crippen LogP contribution in [0.1, 0.15) is 33.4 Å². The topological polar surface area (TPSA) is 73.4 Å². The van der Waals surface area contributed by atoms with Gasteiger partial charge in [0, 0.05) is 26.5 Å². The molecular formula is C55H32N4S. The Hall–Kier alpha value is -7.83. The van der Waals surface area contributed by atoms with Crippen molar-refractivity contribution in [2.75, 3.05) is 0 Å². The highest BCUT2D eigenvalue weighted by Gasteiger charge is 2.50. The highest BCUT2D eigenvalue weighted by Crippen LogP contribution is 2.63. The molecule has 278 valence electrons. The molecular weight excluding hydrogens is 749 g/mol. The van der Waals surface area contributed by atoms with Crippen LogP contribution in [-0.4, -0.2) is 9.97 Å². The third kappa shape index (κ3) is 5.68. The molecule has 0 radical (unpaired) electrons. The molecule has 0 bridgehead atoms. The predicted octanol–water partition coefficient (Wildman–Crippen LogP) is 13.4. The SMILES string of the molecule is N#Cc1cc(C#N)cc(-c2ccc(-c3ccc4c(c3)C3(c5ccccc5Sc5ccccc53)c3cc(-c5cc(-c6ccccc6)nc(-c6ccccc6)n5)ccc3-4)cc2)c1. The zero-order chi connectivity index (χ0) is 40.2. The summed E-state index contributed by atoms with van der Waals surface area (Å²) < 4.78 is 0. The molecule has 0 amide bonds. The van der Waals surface area contributed by atoms with Gasteiger partial charge in [-0.1, -0.05) is 157 Å². The van der Waals surface area contributed by atoms with Crippen LogP contribution in [0.2, 0.25) is 0 Å². The third-order valence-corrected chi connectivity index (χ3v) is 13.0. The number of hydrogen-bond donors (Lipinski definition) is 0. The highest BCUT2D eigenvalue weighted by atomic mass is 32.2. The van der Waals surface area contributed by atoms with E-state index in [0.717, 1.165) is 50.3 Å². The van der Waals surface area contributed by atoms with Crippen LogP contribution in [0.5, 0.6) is 0 Å². The van der Waals surface area contributed by atoms with Crippen LogP contribution in [0, 0.1) is 22.7 Å². The smallest absolute Gasteiger partial charge is 0.160 e. The summed E-state index contributed by atoms with van der Waals surface area (Å²) in [5, 5.41) is 19.2. The van der Waals surface area contributed by atoms with Gasteiger partial charge in [0.15, 0.2) is 5.82 Å². The Balaban J connectivity index is 1.11.